The van der Waals surface area contributed by atoms with Gasteiger partial charge in [0.2, 0.25) is 5.91 Å². The Hall–Kier alpha value is -4.48. The van der Waals surface area contributed by atoms with Gasteiger partial charge in [0, 0.05) is 51.9 Å². The number of primary amides is 1. The van der Waals surface area contributed by atoms with E-state index in [0.29, 0.717) is 25.2 Å². The molecule has 0 bridgehead atoms. The Labute approximate surface area is 244 Å². The number of carboxylic acids is 1. The van der Waals surface area contributed by atoms with E-state index in [4.69, 9.17) is 20.4 Å². The summed E-state index contributed by atoms with van der Waals surface area (Å²) in [5, 5.41) is 9.51. The van der Waals surface area contributed by atoms with Crippen molar-refractivity contribution in [3.05, 3.63) is 83.2 Å². The summed E-state index contributed by atoms with van der Waals surface area (Å²) >= 11 is 0. The number of nitrogens with zero attached hydrogens (tertiary/aromatic N) is 6. The number of piperazine rings is 1. The predicted octanol–water partition coefficient (Wildman–Crippen LogP) is 2.98. The maximum atomic E-state index is 11.6. The number of anilines is 2. The first-order valence-corrected chi connectivity index (χ1v) is 14.2. The number of pyridine rings is 1. The van der Waals surface area contributed by atoms with E-state index >= 15 is 0 Å². The topological polar surface area (TPSA) is 130 Å². The number of aromatic nitrogens is 3. The fraction of sp³-hybridized carbons (Fsp3) is 0.355. The van der Waals surface area contributed by atoms with Crippen molar-refractivity contribution in [2.24, 2.45) is 5.73 Å². The van der Waals surface area contributed by atoms with E-state index < -0.39 is 11.9 Å². The molecule has 4 heterocycles. The first-order valence-electron chi connectivity index (χ1n) is 14.2. The van der Waals surface area contributed by atoms with Gasteiger partial charge in [0.15, 0.2) is 0 Å². The molecule has 3 N–H and O–H groups in total. The molecule has 0 radical (unpaired) electrons. The lowest BCUT2D eigenvalue weighted by Crippen LogP contribution is -2.46. The quantitative estimate of drug-likeness (QED) is 0.296. The Bertz CT molecular complexity index is 1590. The molecule has 1 amide bonds. The van der Waals surface area contributed by atoms with Gasteiger partial charge in [-0.05, 0) is 54.4 Å². The van der Waals surface area contributed by atoms with Crippen LogP contribution < -0.4 is 15.5 Å². The molecule has 2 aromatic heterocycles. The lowest BCUT2D eigenvalue weighted by atomic mass is 10.1. The van der Waals surface area contributed by atoms with E-state index in [2.05, 4.69) is 19.3 Å². The zero-order valence-corrected chi connectivity index (χ0v) is 23.6. The van der Waals surface area contributed by atoms with Crippen LogP contribution in [-0.2, 0) is 24.4 Å². The Morgan fingerprint density at radius 2 is 1.76 bits per heavy atom. The van der Waals surface area contributed by atoms with Crippen LogP contribution in [0.4, 0.5) is 11.6 Å². The Kier molecular flexibility index (Phi) is 7.77. The van der Waals surface area contributed by atoms with Crippen molar-refractivity contribution in [1.82, 2.24) is 19.4 Å². The van der Waals surface area contributed by atoms with Crippen molar-refractivity contribution in [2.45, 2.75) is 32.2 Å². The third-order valence-electron chi connectivity index (χ3n) is 8.08. The number of benzene rings is 2. The van der Waals surface area contributed by atoms with E-state index in [1.807, 2.05) is 37.4 Å². The number of ether oxygens (including phenoxy) is 1. The molecular formula is C31H35N7O4. The highest BCUT2D eigenvalue weighted by atomic mass is 16.5. The molecular weight excluding hydrogens is 534 g/mol. The average Bonchev–Trinajstić information content (AvgIpc) is 3.31. The van der Waals surface area contributed by atoms with Gasteiger partial charge < -0.3 is 29.9 Å². The number of amides is 1. The maximum absolute atomic E-state index is 11.6. The van der Waals surface area contributed by atoms with Crippen LogP contribution in [0.25, 0.3) is 11.0 Å². The number of rotatable bonds is 10. The summed E-state index contributed by atoms with van der Waals surface area (Å²) in [6.07, 6.45) is 1.14. The van der Waals surface area contributed by atoms with Gasteiger partial charge in [0.25, 0.3) is 0 Å². The van der Waals surface area contributed by atoms with Crippen molar-refractivity contribution in [3.63, 3.8) is 0 Å². The molecule has 11 nitrogen and oxygen atoms in total. The number of nitrogens with two attached hydrogens (primary N) is 1. The minimum absolute atomic E-state index is 0.137. The van der Waals surface area contributed by atoms with Crippen molar-refractivity contribution in [3.8, 4) is 0 Å². The van der Waals surface area contributed by atoms with Crippen molar-refractivity contribution < 1.29 is 19.4 Å². The van der Waals surface area contributed by atoms with E-state index in [1.165, 1.54) is 0 Å². The van der Waals surface area contributed by atoms with E-state index in [0.717, 1.165) is 73.3 Å². The second-order valence-corrected chi connectivity index (χ2v) is 11.0. The molecule has 218 valence electrons. The Morgan fingerprint density at radius 1 is 1.02 bits per heavy atom. The number of aromatic carboxylic acids is 1. The summed E-state index contributed by atoms with van der Waals surface area (Å²) in [5.74, 6) is 1.38. The normalized spacial score (nSPS) is 17.3. The summed E-state index contributed by atoms with van der Waals surface area (Å²) in [4.78, 5) is 39.6. The summed E-state index contributed by atoms with van der Waals surface area (Å²) in [5.41, 5.74) is 8.83. The van der Waals surface area contributed by atoms with Gasteiger partial charge in [-0.3, -0.25) is 9.69 Å². The fourth-order valence-electron chi connectivity index (χ4n) is 5.53. The number of imidazole rings is 1. The number of carbonyl (C=O) groups is 2. The highest BCUT2D eigenvalue weighted by molar-refractivity contribution is 5.93. The van der Waals surface area contributed by atoms with Gasteiger partial charge in [-0.25, -0.2) is 14.8 Å². The third kappa shape index (κ3) is 5.93. The highest BCUT2D eigenvalue weighted by Crippen LogP contribution is 2.25. The lowest BCUT2D eigenvalue weighted by Gasteiger charge is -2.36. The molecule has 0 saturated carbocycles. The largest absolute Gasteiger partial charge is 0.478 e. The van der Waals surface area contributed by atoms with Crippen LogP contribution in [0.2, 0.25) is 0 Å². The van der Waals surface area contributed by atoms with Crippen LogP contribution in [0.5, 0.6) is 0 Å². The summed E-state index contributed by atoms with van der Waals surface area (Å²) in [6.45, 7) is 6.17. The van der Waals surface area contributed by atoms with Crippen molar-refractivity contribution >= 4 is 34.5 Å². The van der Waals surface area contributed by atoms with Crippen LogP contribution in [0.3, 0.4) is 0 Å². The summed E-state index contributed by atoms with van der Waals surface area (Å²) in [6, 6.07) is 18.5. The monoisotopic (exact) mass is 569 g/mol. The molecule has 1 unspecified atom stereocenters. The van der Waals surface area contributed by atoms with Crippen LogP contribution in [0.1, 0.15) is 38.5 Å². The summed E-state index contributed by atoms with van der Waals surface area (Å²) in [7, 11) is 2.01. The lowest BCUT2D eigenvalue weighted by molar-refractivity contribution is -0.0592. The Morgan fingerprint density at radius 3 is 2.43 bits per heavy atom. The zero-order chi connectivity index (χ0) is 29.2. The van der Waals surface area contributed by atoms with Gasteiger partial charge in [-0.15, -0.1) is 0 Å². The molecule has 11 heteroatoms. The van der Waals surface area contributed by atoms with Crippen LogP contribution in [-0.4, -0.2) is 82.4 Å². The number of carboxylic acid groups (broad SMARTS) is 1. The first-order chi connectivity index (χ1) is 20.3. The van der Waals surface area contributed by atoms with E-state index in [1.54, 1.807) is 30.3 Å². The van der Waals surface area contributed by atoms with Gasteiger partial charge in [0.1, 0.15) is 17.5 Å². The third-order valence-corrected chi connectivity index (χ3v) is 8.08. The fourth-order valence-corrected chi connectivity index (χ4v) is 5.53. The van der Waals surface area contributed by atoms with Gasteiger partial charge in [-0.2, -0.15) is 0 Å². The zero-order valence-electron chi connectivity index (χ0n) is 23.6. The second-order valence-electron chi connectivity index (χ2n) is 11.0. The highest BCUT2D eigenvalue weighted by Gasteiger charge is 2.25. The molecule has 1 atom stereocenters. The molecule has 2 aliphatic heterocycles. The molecule has 4 aromatic rings. The van der Waals surface area contributed by atoms with Crippen LogP contribution >= 0.6 is 0 Å². The van der Waals surface area contributed by atoms with E-state index in [-0.39, 0.29) is 11.7 Å². The smallest absolute Gasteiger partial charge is 0.335 e. The molecule has 42 heavy (non-hydrogen) atoms. The first kappa shape index (κ1) is 27.7. The van der Waals surface area contributed by atoms with Crippen molar-refractivity contribution in [2.75, 3.05) is 49.6 Å². The number of hydrogen-bond donors (Lipinski definition) is 2. The molecule has 6 rings (SSSR count). The molecule has 2 fully saturated rings. The number of fused-ring (bicyclic) bond motifs is 1. The summed E-state index contributed by atoms with van der Waals surface area (Å²) < 4.78 is 7.84. The number of carbonyl (C=O) groups excluding carboxylic acids is 1. The average molecular weight is 570 g/mol. The van der Waals surface area contributed by atoms with Crippen molar-refractivity contribution in [1.29, 1.82) is 0 Å². The van der Waals surface area contributed by atoms with Crippen LogP contribution in [0.15, 0.2) is 60.7 Å². The maximum Gasteiger partial charge on any atom is 0.335 e. The molecule has 0 spiro atoms. The molecule has 2 aliphatic rings. The van der Waals surface area contributed by atoms with E-state index in [9.17, 15) is 14.7 Å². The standard InChI is InChI=1S/C31H35N7O4/c1-35(18-21-5-7-22(8-6-21)30(32)39)27-3-2-4-28(34-27)37-14-12-36(13-15-37)20-29-33-25-10-9-23(31(40)41)17-26(25)38(29)19-24-11-16-42-24/h2-10,17,24H,11-16,18-20H2,1H3,(H2,32,39)(H,40,41). The van der Waals surface area contributed by atoms with Crippen LogP contribution in [0, 0.1) is 0 Å². The molecule has 2 saturated heterocycles. The Balaban J connectivity index is 1.11. The van der Waals surface area contributed by atoms with Gasteiger partial charge in [0.05, 0.1) is 35.8 Å². The molecule has 0 aliphatic carbocycles. The number of hydrogen-bond acceptors (Lipinski definition) is 8. The SMILES string of the molecule is CN(Cc1ccc(C(N)=O)cc1)c1cccc(N2CCN(Cc3nc4ccc(C(=O)O)cc4n3CC3CCO3)CC2)n1. The minimum Gasteiger partial charge on any atom is -0.478 e. The van der Waals surface area contributed by atoms with Gasteiger partial charge in [-0.1, -0.05) is 18.2 Å². The van der Waals surface area contributed by atoms with Gasteiger partial charge >= 0.3 is 5.97 Å². The second kappa shape index (κ2) is 11.8. The molecule has 2 aromatic carbocycles. The minimum atomic E-state index is -0.940. The predicted molar refractivity (Wildman–Crippen MR) is 160 cm³/mol.